The highest BCUT2D eigenvalue weighted by molar-refractivity contribution is 6.79. The zero-order valence-corrected chi connectivity index (χ0v) is 15.1. The van der Waals surface area contributed by atoms with Gasteiger partial charge in [0.25, 0.3) is 0 Å². The topological polar surface area (TPSA) is 26.3 Å². The summed E-state index contributed by atoms with van der Waals surface area (Å²) in [7, 11) is -1.05. The Hall–Kier alpha value is -0.573. The van der Waals surface area contributed by atoms with Crippen molar-refractivity contribution < 1.29 is 9.53 Å². The van der Waals surface area contributed by atoms with Crippen molar-refractivity contribution in [3.63, 3.8) is 0 Å². The summed E-state index contributed by atoms with van der Waals surface area (Å²) in [6.07, 6.45) is 6.21. The van der Waals surface area contributed by atoms with Crippen LogP contribution in [-0.2, 0) is 9.53 Å². The molecular formula is C17H34O2Si. The smallest absolute Gasteiger partial charge is 0.333 e. The van der Waals surface area contributed by atoms with Crippen molar-refractivity contribution in [3.8, 4) is 0 Å². The molecule has 20 heavy (non-hydrogen) atoms. The summed E-state index contributed by atoms with van der Waals surface area (Å²) in [5.74, 6) is -0.246. The largest absolute Gasteiger partial charge is 0.462 e. The average Bonchev–Trinajstić information content (AvgIpc) is 2.39. The fraction of sp³-hybridized carbons (Fsp3) is 0.824. The van der Waals surface area contributed by atoms with Crippen LogP contribution in [-0.4, -0.2) is 20.7 Å². The van der Waals surface area contributed by atoms with E-state index in [0.29, 0.717) is 12.2 Å². The van der Waals surface area contributed by atoms with Gasteiger partial charge in [0.1, 0.15) is 0 Å². The molecule has 3 heteroatoms. The van der Waals surface area contributed by atoms with Crippen LogP contribution in [0.3, 0.4) is 0 Å². The molecule has 0 aromatic carbocycles. The fourth-order valence-electron chi connectivity index (χ4n) is 3.23. The van der Waals surface area contributed by atoms with E-state index in [2.05, 4.69) is 27.4 Å². The van der Waals surface area contributed by atoms with E-state index in [1.165, 1.54) is 49.9 Å². The molecule has 0 radical (unpaired) electrons. The van der Waals surface area contributed by atoms with Crippen LogP contribution in [0.5, 0.6) is 0 Å². The molecule has 0 amide bonds. The summed E-state index contributed by atoms with van der Waals surface area (Å²) in [4.78, 5) is 11.3. The highest BCUT2D eigenvalue weighted by Gasteiger charge is 2.29. The molecule has 0 N–H and O–H groups in total. The number of ether oxygens (including phenoxy) is 1. The predicted molar refractivity (Wildman–Crippen MR) is 90.9 cm³/mol. The predicted octanol–water partition coefficient (Wildman–Crippen LogP) is 5.56. The van der Waals surface area contributed by atoms with Crippen LogP contribution in [0, 0.1) is 0 Å². The minimum Gasteiger partial charge on any atom is -0.462 e. The van der Waals surface area contributed by atoms with Crippen LogP contribution < -0.4 is 0 Å². The average molecular weight is 299 g/mol. The Morgan fingerprint density at radius 3 is 1.85 bits per heavy atom. The van der Waals surface area contributed by atoms with Gasteiger partial charge >= 0.3 is 5.97 Å². The van der Waals surface area contributed by atoms with E-state index in [1.807, 2.05) is 0 Å². The molecule has 0 fully saturated rings. The van der Waals surface area contributed by atoms with Gasteiger partial charge < -0.3 is 4.74 Å². The summed E-state index contributed by atoms with van der Waals surface area (Å²) in [6, 6.07) is 5.83. The van der Waals surface area contributed by atoms with Crippen molar-refractivity contribution in [2.45, 2.75) is 84.0 Å². The lowest BCUT2D eigenvalue weighted by atomic mass is 10.3. The maximum absolute atomic E-state index is 11.3. The molecule has 0 bridgehead atoms. The Morgan fingerprint density at radius 1 is 0.950 bits per heavy atom. The summed E-state index contributed by atoms with van der Waals surface area (Å²) in [5, 5.41) is 0. The molecule has 0 rings (SSSR count). The molecule has 2 nitrogen and oxygen atoms in total. The second-order valence-corrected chi connectivity index (χ2v) is 11.1. The number of rotatable bonds is 12. The first-order valence-corrected chi connectivity index (χ1v) is 11.2. The minimum atomic E-state index is -1.05. The van der Waals surface area contributed by atoms with E-state index in [9.17, 15) is 4.79 Å². The van der Waals surface area contributed by atoms with Crippen LogP contribution in [0.15, 0.2) is 12.2 Å². The SMILES string of the molecule is C=C(C)C(=O)OCCCC[Si](CCC)(CCC)CCC. The van der Waals surface area contributed by atoms with E-state index in [1.54, 1.807) is 6.92 Å². The van der Waals surface area contributed by atoms with Crippen molar-refractivity contribution in [1.29, 1.82) is 0 Å². The number of hydrogen-bond donors (Lipinski definition) is 0. The van der Waals surface area contributed by atoms with Crippen molar-refractivity contribution in [2.24, 2.45) is 0 Å². The molecule has 0 unspecified atom stereocenters. The third-order valence-corrected chi connectivity index (χ3v) is 10.1. The van der Waals surface area contributed by atoms with E-state index >= 15 is 0 Å². The molecule has 0 saturated carbocycles. The highest BCUT2D eigenvalue weighted by Crippen LogP contribution is 2.31. The van der Waals surface area contributed by atoms with Crippen molar-refractivity contribution in [3.05, 3.63) is 12.2 Å². The Balaban J connectivity index is 4.12. The molecule has 0 aromatic heterocycles. The third kappa shape index (κ3) is 7.88. The van der Waals surface area contributed by atoms with E-state index in [-0.39, 0.29) is 5.97 Å². The molecule has 0 aromatic rings. The van der Waals surface area contributed by atoms with Crippen molar-refractivity contribution in [2.75, 3.05) is 6.61 Å². The Morgan fingerprint density at radius 2 is 1.45 bits per heavy atom. The lowest BCUT2D eigenvalue weighted by Gasteiger charge is -2.31. The minimum absolute atomic E-state index is 0.246. The Labute approximate surface area is 127 Å². The maximum Gasteiger partial charge on any atom is 0.333 e. The van der Waals surface area contributed by atoms with Gasteiger partial charge in [-0.15, -0.1) is 0 Å². The number of carbonyl (C=O) groups excluding carboxylic acids is 1. The summed E-state index contributed by atoms with van der Waals surface area (Å²) >= 11 is 0. The van der Waals surface area contributed by atoms with Crippen molar-refractivity contribution in [1.82, 2.24) is 0 Å². The molecule has 0 saturated heterocycles. The monoisotopic (exact) mass is 298 g/mol. The summed E-state index contributed by atoms with van der Waals surface area (Å²) in [5.41, 5.74) is 0.497. The second-order valence-electron chi connectivity index (χ2n) is 6.12. The van der Waals surface area contributed by atoms with Gasteiger partial charge in [-0.1, -0.05) is 77.2 Å². The summed E-state index contributed by atoms with van der Waals surface area (Å²) in [6.45, 7) is 12.8. The summed E-state index contributed by atoms with van der Waals surface area (Å²) < 4.78 is 5.18. The van der Waals surface area contributed by atoms with Crippen LogP contribution in [0.4, 0.5) is 0 Å². The van der Waals surface area contributed by atoms with Crippen LogP contribution in [0.25, 0.3) is 0 Å². The molecule has 118 valence electrons. The number of carbonyl (C=O) groups is 1. The molecule has 0 aliphatic rings. The molecule has 0 aliphatic heterocycles. The van der Waals surface area contributed by atoms with Gasteiger partial charge in [0.2, 0.25) is 0 Å². The van der Waals surface area contributed by atoms with Gasteiger partial charge in [-0.3, -0.25) is 0 Å². The van der Waals surface area contributed by atoms with Gasteiger partial charge in [0.05, 0.1) is 14.7 Å². The second kappa shape index (κ2) is 11.1. The van der Waals surface area contributed by atoms with Crippen LogP contribution in [0.2, 0.25) is 24.2 Å². The Bertz CT molecular complexity index is 270. The molecule has 0 aliphatic carbocycles. The van der Waals surface area contributed by atoms with Crippen LogP contribution in [0.1, 0.15) is 59.8 Å². The van der Waals surface area contributed by atoms with Gasteiger partial charge in [0, 0.05) is 5.57 Å². The Kier molecular flexibility index (Phi) is 10.8. The molecular weight excluding hydrogens is 264 g/mol. The number of unbranched alkanes of at least 4 members (excludes halogenated alkanes) is 1. The fourth-order valence-corrected chi connectivity index (χ4v) is 8.91. The highest BCUT2D eigenvalue weighted by atomic mass is 28.3. The molecule has 0 spiro atoms. The van der Waals surface area contributed by atoms with Gasteiger partial charge in [-0.05, 0) is 13.3 Å². The van der Waals surface area contributed by atoms with Crippen molar-refractivity contribution >= 4 is 14.0 Å². The standard InChI is InChI=1S/C17H34O2Si/c1-6-12-20(13-7-2,14-8-3)15-10-9-11-19-17(18)16(4)5/h4,6-15H2,1-3,5H3. The number of hydrogen-bond acceptors (Lipinski definition) is 2. The molecule has 0 heterocycles. The van der Waals surface area contributed by atoms with Gasteiger partial charge in [0.15, 0.2) is 0 Å². The first-order chi connectivity index (χ1) is 9.51. The normalized spacial score (nSPS) is 11.4. The van der Waals surface area contributed by atoms with E-state index in [4.69, 9.17) is 4.74 Å². The molecule has 0 atom stereocenters. The lowest BCUT2D eigenvalue weighted by Crippen LogP contribution is -2.33. The quantitative estimate of drug-likeness (QED) is 0.204. The van der Waals surface area contributed by atoms with E-state index < -0.39 is 8.07 Å². The zero-order chi connectivity index (χ0) is 15.4. The van der Waals surface area contributed by atoms with Gasteiger partial charge in [-0.25, -0.2) is 4.79 Å². The lowest BCUT2D eigenvalue weighted by molar-refractivity contribution is -0.139. The van der Waals surface area contributed by atoms with Crippen LogP contribution >= 0.6 is 0 Å². The first kappa shape index (κ1) is 19.4. The first-order valence-electron chi connectivity index (χ1n) is 8.34. The van der Waals surface area contributed by atoms with E-state index in [0.717, 1.165) is 6.42 Å². The zero-order valence-electron chi connectivity index (χ0n) is 14.1. The number of esters is 1. The van der Waals surface area contributed by atoms with Gasteiger partial charge in [-0.2, -0.15) is 0 Å². The maximum atomic E-state index is 11.3. The third-order valence-electron chi connectivity index (χ3n) is 4.02.